The molecule has 1 fully saturated rings. The fourth-order valence-electron chi connectivity index (χ4n) is 4.61. The number of rotatable bonds is 8. The number of aliphatic hydroxyl groups is 1. The topological polar surface area (TPSA) is 57.6 Å². The van der Waals surface area contributed by atoms with Crippen LogP contribution in [0.25, 0.3) is 5.76 Å². The number of amides is 1. The molecule has 0 aromatic heterocycles. The van der Waals surface area contributed by atoms with Gasteiger partial charge in [-0.25, -0.2) is 0 Å². The van der Waals surface area contributed by atoms with Crippen molar-refractivity contribution >= 4 is 23.1 Å². The van der Waals surface area contributed by atoms with Crippen LogP contribution in [0.15, 0.2) is 78.4 Å². The predicted octanol–water partition coefficient (Wildman–Crippen LogP) is 6.78. The third-order valence-corrected chi connectivity index (χ3v) is 6.82. The summed E-state index contributed by atoms with van der Waals surface area (Å²) in [5.41, 5.74) is 5.61. The van der Waals surface area contributed by atoms with Gasteiger partial charge in [-0.2, -0.15) is 0 Å². The lowest BCUT2D eigenvalue weighted by Gasteiger charge is -2.26. The van der Waals surface area contributed by atoms with E-state index in [0.29, 0.717) is 11.3 Å². The summed E-state index contributed by atoms with van der Waals surface area (Å²) < 4.78 is 0. The molecule has 1 amide bonds. The van der Waals surface area contributed by atoms with E-state index in [9.17, 15) is 14.7 Å². The zero-order valence-electron chi connectivity index (χ0n) is 20.8. The number of hydrogen-bond donors (Lipinski definition) is 1. The van der Waals surface area contributed by atoms with E-state index in [-0.39, 0.29) is 11.3 Å². The minimum Gasteiger partial charge on any atom is -0.507 e. The molecule has 4 heteroatoms. The fraction of sp³-hybridized carbons (Fsp3) is 0.290. The molecule has 3 aromatic rings. The lowest BCUT2D eigenvalue weighted by molar-refractivity contribution is -0.132. The highest BCUT2D eigenvalue weighted by Crippen LogP contribution is 2.42. The zero-order valence-corrected chi connectivity index (χ0v) is 20.8. The summed E-state index contributed by atoms with van der Waals surface area (Å²) >= 11 is 0. The Labute approximate surface area is 207 Å². The number of anilines is 1. The smallest absolute Gasteiger partial charge is 0.300 e. The highest BCUT2D eigenvalue weighted by atomic mass is 16.3. The number of benzene rings is 3. The fourth-order valence-corrected chi connectivity index (χ4v) is 4.61. The molecule has 1 aliphatic rings. The first kappa shape index (κ1) is 24.5. The Bertz CT molecular complexity index is 1220. The molecule has 4 nitrogen and oxygen atoms in total. The van der Waals surface area contributed by atoms with E-state index >= 15 is 0 Å². The monoisotopic (exact) mass is 467 g/mol. The Balaban J connectivity index is 1.83. The summed E-state index contributed by atoms with van der Waals surface area (Å²) in [5, 5.41) is 11.3. The molecule has 1 aliphatic heterocycles. The average molecular weight is 468 g/mol. The lowest BCUT2D eigenvalue weighted by atomic mass is 9.94. The summed E-state index contributed by atoms with van der Waals surface area (Å²) in [4.78, 5) is 28.2. The second-order valence-corrected chi connectivity index (χ2v) is 9.08. The molecule has 1 N–H and O–H groups in total. The van der Waals surface area contributed by atoms with E-state index in [4.69, 9.17) is 0 Å². The van der Waals surface area contributed by atoms with Crippen LogP contribution in [0.1, 0.15) is 67.5 Å². The molecule has 4 rings (SSSR count). The number of aryl methyl sites for hydroxylation is 3. The molecule has 180 valence electrons. The maximum atomic E-state index is 13.3. The van der Waals surface area contributed by atoms with Crippen LogP contribution >= 0.6 is 0 Å². The summed E-state index contributed by atoms with van der Waals surface area (Å²) in [6, 6.07) is 22.6. The molecular formula is C31H33NO3. The van der Waals surface area contributed by atoms with Gasteiger partial charge in [-0.15, -0.1) is 0 Å². The summed E-state index contributed by atoms with van der Waals surface area (Å²) in [6.07, 6.45) is 4.96. The van der Waals surface area contributed by atoms with Crippen LogP contribution in [0.5, 0.6) is 0 Å². The Morgan fingerprint density at radius 2 is 1.31 bits per heavy atom. The largest absolute Gasteiger partial charge is 0.507 e. The molecule has 1 atom stereocenters. The quantitative estimate of drug-likeness (QED) is 0.226. The van der Waals surface area contributed by atoms with Gasteiger partial charge in [0.2, 0.25) is 0 Å². The van der Waals surface area contributed by atoms with Gasteiger partial charge in [0, 0.05) is 11.3 Å². The molecule has 1 unspecified atom stereocenters. The van der Waals surface area contributed by atoms with Crippen LogP contribution in [0.2, 0.25) is 0 Å². The maximum Gasteiger partial charge on any atom is 0.300 e. The first-order valence-electron chi connectivity index (χ1n) is 12.6. The van der Waals surface area contributed by atoms with Gasteiger partial charge in [0.25, 0.3) is 11.7 Å². The van der Waals surface area contributed by atoms with Gasteiger partial charge < -0.3 is 5.11 Å². The first-order chi connectivity index (χ1) is 17.0. The van der Waals surface area contributed by atoms with Gasteiger partial charge in [-0.3, -0.25) is 14.5 Å². The second-order valence-electron chi connectivity index (χ2n) is 9.08. The lowest BCUT2D eigenvalue weighted by Crippen LogP contribution is -2.29. The van der Waals surface area contributed by atoms with Crippen molar-refractivity contribution in [3.05, 3.63) is 106 Å². The number of aliphatic hydroxyl groups excluding tert-OH is 1. The van der Waals surface area contributed by atoms with Crippen molar-refractivity contribution in [3.63, 3.8) is 0 Å². The maximum absolute atomic E-state index is 13.3. The number of unbranched alkanes of at least 4 members (excludes halogenated alkanes) is 1. The van der Waals surface area contributed by atoms with Crippen molar-refractivity contribution in [2.75, 3.05) is 4.90 Å². The molecule has 1 heterocycles. The molecule has 3 aromatic carbocycles. The highest BCUT2D eigenvalue weighted by molar-refractivity contribution is 6.51. The van der Waals surface area contributed by atoms with Crippen molar-refractivity contribution in [2.45, 2.75) is 58.9 Å². The van der Waals surface area contributed by atoms with E-state index in [2.05, 4.69) is 20.8 Å². The number of carbonyl (C=O) groups is 2. The standard InChI is InChI=1S/C31H33NO3/c1-4-7-8-23-13-19-26(20-14-23)32-28(24-15-9-21(5-2)10-16-24)27(30(34)31(32)35)29(33)25-17-11-22(6-3)12-18-25/h9-20,28,33H,4-8H2,1-3H3/b29-27+. The molecule has 35 heavy (non-hydrogen) atoms. The predicted molar refractivity (Wildman–Crippen MR) is 141 cm³/mol. The summed E-state index contributed by atoms with van der Waals surface area (Å²) in [7, 11) is 0. The highest BCUT2D eigenvalue weighted by Gasteiger charge is 2.46. The van der Waals surface area contributed by atoms with Crippen LogP contribution in [-0.2, 0) is 28.9 Å². The van der Waals surface area contributed by atoms with E-state index in [1.807, 2.05) is 60.7 Å². The van der Waals surface area contributed by atoms with Crippen molar-refractivity contribution in [1.82, 2.24) is 0 Å². The van der Waals surface area contributed by atoms with Crippen LogP contribution in [-0.4, -0.2) is 16.8 Å². The molecule has 0 aliphatic carbocycles. The Kier molecular flexibility index (Phi) is 7.50. The van der Waals surface area contributed by atoms with Crippen LogP contribution in [0.3, 0.4) is 0 Å². The number of hydrogen-bond acceptors (Lipinski definition) is 3. The second kappa shape index (κ2) is 10.7. The number of nitrogens with zero attached hydrogens (tertiary/aromatic N) is 1. The molecular weight excluding hydrogens is 434 g/mol. The molecule has 0 bridgehead atoms. The van der Waals surface area contributed by atoms with E-state index in [1.165, 1.54) is 16.0 Å². The summed E-state index contributed by atoms with van der Waals surface area (Å²) in [5.74, 6) is -1.43. The number of carbonyl (C=O) groups excluding carboxylic acids is 2. The van der Waals surface area contributed by atoms with E-state index in [0.717, 1.165) is 43.2 Å². The molecule has 0 saturated carbocycles. The number of ketones is 1. The van der Waals surface area contributed by atoms with Gasteiger partial charge in [0.05, 0.1) is 11.6 Å². The van der Waals surface area contributed by atoms with Crippen molar-refractivity contribution in [1.29, 1.82) is 0 Å². The zero-order chi connectivity index (χ0) is 24.9. The normalized spacial score (nSPS) is 17.2. The van der Waals surface area contributed by atoms with Gasteiger partial charge in [-0.05, 0) is 60.1 Å². The van der Waals surface area contributed by atoms with Crippen molar-refractivity contribution in [3.8, 4) is 0 Å². The number of Topliss-reactive ketones (excluding diaryl/α,β-unsaturated/α-hetero) is 1. The third-order valence-electron chi connectivity index (χ3n) is 6.82. The first-order valence-corrected chi connectivity index (χ1v) is 12.6. The van der Waals surface area contributed by atoms with Crippen LogP contribution < -0.4 is 4.90 Å². The molecule has 0 radical (unpaired) electrons. The average Bonchev–Trinajstić information content (AvgIpc) is 3.17. The summed E-state index contributed by atoms with van der Waals surface area (Å²) in [6.45, 7) is 6.31. The van der Waals surface area contributed by atoms with Crippen molar-refractivity contribution in [2.24, 2.45) is 0 Å². The Morgan fingerprint density at radius 1 is 0.771 bits per heavy atom. The van der Waals surface area contributed by atoms with Crippen molar-refractivity contribution < 1.29 is 14.7 Å². The minimum atomic E-state index is -0.701. The van der Waals surface area contributed by atoms with Gasteiger partial charge in [-0.1, -0.05) is 87.9 Å². The van der Waals surface area contributed by atoms with Gasteiger partial charge in [0.15, 0.2) is 0 Å². The van der Waals surface area contributed by atoms with Crippen LogP contribution in [0, 0.1) is 0 Å². The Hall–Kier alpha value is -3.66. The third kappa shape index (κ3) is 4.93. The van der Waals surface area contributed by atoms with Gasteiger partial charge in [0.1, 0.15) is 5.76 Å². The molecule has 1 saturated heterocycles. The minimum absolute atomic E-state index is 0.124. The Morgan fingerprint density at radius 3 is 1.86 bits per heavy atom. The van der Waals surface area contributed by atoms with E-state index < -0.39 is 17.7 Å². The van der Waals surface area contributed by atoms with Crippen LogP contribution in [0.4, 0.5) is 5.69 Å². The SMILES string of the molecule is CCCCc1ccc(N2C(=O)C(=O)/C(=C(/O)c3ccc(CC)cc3)C2c2ccc(CC)cc2)cc1. The van der Waals surface area contributed by atoms with E-state index in [1.54, 1.807) is 12.1 Å². The van der Waals surface area contributed by atoms with Gasteiger partial charge >= 0.3 is 0 Å². The molecule has 0 spiro atoms.